The van der Waals surface area contributed by atoms with Gasteiger partial charge in [-0.2, -0.15) is 8.42 Å². The van der Waals surface area contributed by atoms with Gasteiger partial charge < -0.3 is 4.90 Å². The van der Waals surface area contributed by atoms with Crippen LogP contribution in [-0.4, -0.2) is 51.5 Å². The Labute approximate surface area is 124 Å². The zero-order valence-electron chi connectivity index (χ0n) is 11.9. The van der Waals surface area contributed by atoms with E-state index in [1.165, 1.54) is 30.2 Å². The van der Waals surface area contributed by atoms with Gasteiger partial charge in [-0.3, -0.25) is 13.8 Å². The smallest absolute Gasteiger partial charge is 0.264 e. The van der Waals surface area contributed by atoms with Crippen LogP contribution >= 0.6 is 0 Å². The van der Waals surface area contributed by atoms with Crippen molar-refractivity contribution in [1.82, 2.24) is 4.90 Å². The Bertz CT molecular complexity index is 639. The van der Waals surface area contributed by atoms with E-state index in [0.717, 1.165) is 6.26 Å². The van der Waals surface area contributed by atoms with Crippen LogP contribution in [-0.2, 0) is 14.3 Å². The first-order valence-electron chi connectivity index (χ1n) is 6.08. The lowest BCUT2D eigenvalue weighted by atomic mass is 10.1. The second kappa shape index (κ2) is 7.14. The fraction of sp³-hybridized carbons (Fsp3) is 0.286. The van der Waals surface area contributed by atoms with Crippen LogP contribution in [0.15, 0.2) is 36.9 Å². The molecule has 0 aromatic heterocycles. The summed E-state index contributed by atoms with van der Waals surface area (Å²) >= 11 is 0. The Morgan fingerprint density at radius 1 is 1.43 bits per heavy atom. The van der Waals surface area contributed by atoms with Crippen molar-refractivity contribution in [3.8, 4) is 0 Å². The molecule has 0 heterocycles. The van der Waals surface area contributed by atoms with Crippen LogP contribution in [0.3, 0.4) is 0 Å². The molecule has 0 N–H and O–H groups in total. The Morgan fingerprint density at radius 3 is 2.57 bits per heavy atom. The first kappa shape index (κ1) is 17.1. The third-order valence-electron chi connectivity index (χ3n) is 2.86. The van der Waals surface area contributed by atoms with Crippen LogP contribution in [0.2, 0.25) is 0 Å². The average Bonchev–Trinajstić information content (AvgIpc) is 2.45. The predicted octanol–water partition coefficient (Wildman–Crippen LogP) is 1.10. The number of benzene rings is 1. The van der Waals surface area contributed by atoms with Crippen molar-refractivity contribution in [2.24, 2.45) is 0 Å². The molecule has 114 valence electrons. The summed E-state index contributed by atoms with van der Waals surface area (Å²) in [6.07, 6.45) is 2.93. The molecule has 21 heavy (non-hydrogen) atoms. The molecule has 0 fully saturated rings. The first-order valence-corrected chi connectivity index (χ1v) is 7.90. The topological polar surface area (TPSA) is 80.8 Å². The highest BCUT2D eigenvalue weighted by Gasteiger charge is 2.22. The number of carbonyl (C=O) groups is 2. The van der Waals surface area contributed by atoms with E-state index in [9.17, 15) is 18.0 Å². The van der Waals surface area contributed by atoms with E-state index in [2.05, 4.69) is 10.8 Å². The number of hydrogen-bond donors (Lipinski definition) is 0. The van der Waals surface area contributed by atoms with E-state index >= 15 is 0 Å². The van der Waals surface area contributed by atoms with Crippen molar-refractivity contribution in [1.29, 1.82) is 0 Å². The average molecular weight is 311 g/mol. The van der Waals surface area contributed by atoms with Crippen LogP contribution in [0.5, 0.6) is 0 Å². The molecule has 6 nitrogen and oxygen atoms in total. The summed E-state index contributed by atoms with van der Waals surface area (Å²) in [6.45, 7) is 3.33. The van der Waals surface area contributed by atoms with Gasteiger partial charge >= 0.3 is 0 Å². The molecule has 0 aliphatic rings. The second-order valence-electron chi connectivity index (χ2n) is 4.41. The second-order valence-corrected chi connectivity index (χ2v) is 6.06. The van der Waals surface area contributed by atoms with Crippen LogP contribution in [0, 0.1) is 0 Å². The fourth-order valence-corrected chi connectivity index (χ4v) is 2.05. The Morgan fingerprint density at radius 2 is 2.05 bits per heavy atom. The number of rotatable bonds is 7. The van der Waals surface area contributed by atoms with E-state index in [0.29, 0.717) is 6.29 Å². The molecule has 1 amide bonds. The van der Waals surface area contributed by atoms with E-state index in [1.807, 2.05) is 0 Å². The zero-order valence-corrected chi connectivity index (χ0v) is 12.7. The van der Waals surface area contributed by atoms with Crippen LogP contribution in [0.4, 0.5) is 0 Å². The summed E-state index contributed by atoms with van der Waals surface area (Å²) in [5.74, 6) is -0.417. The molecule has 0 aliphatic heterocycles. The maximum atomic E-state index is 12.4. The minimum Gasteiger partial charge on any atom is -0.333 e. The number of carbonyl (C=O) groups excluding carboxylic acids is 2. The summed E-state index contributed by atoms with van der Waals surface area (Å²) in [7, 11) is -2.12. The largest absolute Gasteiger partial charge is 0.333 e. The molecule has 0 bridgehead atoms. The van der Waals surface area contributed by atoms with Crippen molar-refractivity contribution in [2.45, 2.75) is 6.04 Å². The van der Waals surface area contributed by atoms with Gasteiger partial charge in [0.15, 0.2) is 6.29 Å². The monoisotopic (exact) mass is 311 g/mol. The third kappa shape index (κ3) is 4.80. The molecule has 1 aromatic carbocycles. The van der Waals surface area contributed by atoms with E-state index in [4.69, 9.17) is 0 Å². The van der Waals surface area contributed by atoms with Gasteiger partial charge in [-0.15, -0.1) is 6.58 Å². The lowest BCUT2D eigenvalue weighted by Crippen LogP contribution is -2.39. The molecule has 0 saturated heterocycles. The number of aldehydes is 1. The molecule has 0 aliphatic carbocycles. The third-order valence-corrected chi connectivity index (χ3v) is 3.43. The molecular weight excluding hydrogens is 294 g/mol. The SMILES string of the molecule is C=CC(COS(C)(=O)=O)N(C)C(=O)c1ccccc1C=O. The predicted molar refractivity (Wildman–Crippen MR) is 78.7 cm³/mol. The van der Waals surface area contributed by atoms with Crippen molar-refractivity contribution in [3.63, 3.8) is 0 Å². The summed E-state index contributed by atoms with van der Waals surface area (Å²) in [4.78, 5) is 24.6. The lowest BCUT2D eigenvalue weighted by Gasteiger charge is -2.25. The molecule has 7 heteroatoms. The van der Waals surface area contributed by atoms with Crippen molar-refractivity contribution in [3.05, 3.63) is 48.0 Å². The normalized spacial score (nSPS) is 12.5. The van der Waals surface area contributed by atoms with Gasteiger partial charge in [0.2, 0.25) is 0 Å². The maximum absolute atomic E-state index is 12.4. The van der Waals surface area contributed by atoms with E-state index < -0.39 is 22.1 Å². The van der Waals surface area contributed by atoms with Crippen LogP contribution in [0.1, 0.15) is 20.7 Å². The van der Waals surface area contributed by atoms with Gasteiger partial charge in [0.25, 0.3) is 16.0 Å². The quantitative estimate of drug-likeness (QED) is 0.428. The minimum atomic E-state index is -3.61. The number of likely N-dealkylation sites (N-methyl/N-ethyl adjacent to an activating group) is 1. The van der Waals surface area contributed by atoms with E-state index in [-0.39, 0.29) is 17.7 Å². The minimum absolute atomic E-state index is 0.228. The van der Waals surface area contributed by atoms with Crippen molar-refractivity contribution >= 4 is 22.3 Å². The molecule has 1 atom stereocenters. The van der Waals surface area contributed by atoms with Crippen molar-refractivity contribution < 1.29 is 22.2 Å². The van der Waals surface area contributed by atoms with Gasteiger partial charge in [-0.25, -0.2) is 0 Å². The van der Waals surface area contributed by atoms with Crippen LogP contribution < -0.4 is 0 Å². The highest BCUT2D eigenvalue weighted by molar-refractivity contribution is 7.85. The highest BCUT2D eigenvalue weighted by Crippen LogP contribution is 2.12. The summed E-state index contributed by atoms with van der Waals surface area (Å²) < 4.78 is 26.7. The molecule has 0 saturated carbocycles. The molecule has 0 radical (unpaired) electrons. The van der Waals surface area contributed by atoms with E-state index in [1.54, 1.807) is 12.1 Å². The molecule has 1 aromatic rings. The van der Waals surface area contributed by atoms with Gasteiger partial charge in [0.05, 0.1) is 24.5 Å². The molecule has 0 spiro atoms. The standard InChI is InChI=1S/C14H17NO5S/c1-4-12(10-20-21(3,18)19)15(2)14(17)13-8-6-5-7-11(13)9-16/h4-9,12H,1,10H2,2-3H3. The van der Waals surface area contributed by atoms with Crippen LogP contribution in [0.25, 0.3) is 0 Å². The fourth-order valence-electron chi connectivity index (χ4n) is 1.67. The Balaban J connectivity index is 2.94. The van der Waals surface area contributed by atoms with Crippen molar-refractivity contribution in [2.75, 3.05) is 19.9 Å². The molecule has 1 unspecified atom stereocenters. The molecule has 1 rings (SSSR count). The van der Waals surface area contributed by atoms with Gasteiger partial charge in [0, 0.05) is 12.6 Å². The summed E-state index contributed by atoms with van der Waals surface area (Å²) in [5, 5.41) is 0. The Hall–Kier alpha value is -1.99. The summed E-state index contributed by atoms with van der Waals surface area (Å²) in [6, 6.07) is 5.72. The first-order chi connectivity index (χ1) is 9.80. The highest BCUT2D eigenvalue weighted by atomic mass is 32.2. The summed E-state index contributed by atoms with van der Waals surface area (Å²) in [5.41, 5.74) is 0.502. The van der Waals surface area contributed by atoms with Gasteiger partial charge in [0.1, 0.15) is 0 Å². The maximum Gasteiger partial charge on any atom is 0.264 e. The number of hydrogen-bond acceptors (Lipinski definition) is 5. The lowest BCUT2D eigenvalue weighted by molar-refractivity contribution is 0.0721. The zero-order chi connectivity index (χ0) is 16.0. The molecular formula is C14H17NO5S. The van der Waals surface area contributed by atoms with Gasteiger partial charge in [-0.1, -0.05) is 24.3 Å². The number of amides is 1. The Kier molecular flexibility index (Phi) is 5.80. The van der Waals surface area contributed by atoms with Gasteiger partial charge in [-0.05, 0) is 6.07 Å². The number of nitrogens with zero attached hydrogens (tertiary/aromatic N) is 1.